The lowest BCUT2D eigenvalue weighted by Gasteiger charge is -2.34. The van der Waals surface area contributed by atoms with E-state index in [-0.39, 0.29) is 17.8 Å². The fourth-order valence-electron chi connectivity index (χ4n) is 4.08. The Balaban J connectivity index is 1.78. The Morgan fingerprint density at radius 2 is 2.04 bits per heavy atom. The lowest BCUT2D eigenvalue weighted by atomic mass is 10.0. The quantitative estimate of drug-likeness (QED) is 0.861. The Labute approximate surface area is 136 Å². The van der Waals surface area contributed by atoms with E-state index in [1.54, 1.807) is 13.0 Å². The first-order valence-corrected chi connectivity index (χ1v) is 8.30. The lowest BCUT2D eigenvalue weighted by molar-refractivity contribution is -0.130. The molecule has 0 aliphatic carbocycles. The fourth-order valence-corrected chi connectivity index (χ4v) is 4.08. The van der Waals surface area contributed by atoms with Crippen molar-refractivity contribution in [2.45, 2.75) is 51.2 Å². The van der Waals surface area contributed by atoms with Crippen LogP contribution < -0.4 is 0 Å². The third-order valence-corrected chi connectivity index (χ3v) is 5.13. The molecule has 2 atom stereocenters. The van der Waals surface area contributed by atoms with Gasteiger partial charge in [0.05, 0.1) is 11.6 Å². The monoisotopic (exact) mass is 315 g/mol. The van der Waals surface area contributed by atoms with Crippen LogP contribution in [0.25, 0.3) is 0 Å². The summed E-state index contributed by atoms with van der Waals surface area (Å²) in [4.78, 5) is 16.2. The van der Waals surface area contributed by atoms with Crippen LogP contribution in [0.4, 0.5) is 4.39 Å². The summed E-state index contributed by atoms with van der Waals surface area (Å²) in [7, 11) is 0. The van der Waals surface area contributed by atoms with E-state index < -0.39 is 0 Å². The van der Waals surface area contributed by atoms with Crippen molar-refractivity contribution in [2.75, 3.05) is 13.1 Å². The molecule has 2 saturated heterocycles. The van der Waals surface area contributed by atoms with Crippen LogP contribution >= 0.6 is 0 Å². The van der Waals surface area contributed by atoms with Crippen molar-refractivity contribution in [3.63, 3.8) is 0 Å². The number of carbonyl (C=O) groups is 1. The summed E-state index contributed by atoms with van der Waals surface area (Å²) in [5.41, 5.74) is 1.28. The van der Waals surface area contributed by atoms with Crippen molar-refractivity contribution in [1.82, 2.24) is 9.80 Å². The Hall–Kier alpha value is -1.93. The Bertz CT molecular complexity index is 640. The third kappa shape index (κ3) is 3.23. The Morgan fingerprint density at radius 3 is 2.78 bits per heavy atom. The van der Waals surface area contributed by atoms with Gasteiger partial charge < -0.3 is 4.90 Å². The molecular weight excluding hydrogens is 293 g/mol. The maximum Gasteiger partial charge on any atom is 0.219 e. The molecule has 4 nitrogen and oxygen atoms in total. The van der Waals surface area contributed by atoms with E-state index in [4.69, 9.17) is 0 Å². The number of carbonyl (C=O) groups excluding carboxylic acids is 1. The van der Waals surface area contributed by atoms with Crippen LogP contribution in [-0.2, 0) is 11.3 Å². The normalized spacial score (nSPS) is 24.8. The van der Waals surface area contributed by atoms with Gasteiger partial charge in [-0.3, -0.25) is 9.69 Å². The van der Waals surface area contributed by atoms with E-state index in [1.165, 1.54) is 12.1 Å². The van der Waals surface area contributed by atoms with Gasteiger partial charge >= 0.3 is 0 Å². The highest BCUT2D eigenvalue weighted by atomic mass is 19.1. The van der Waals surface area contributed by atoms with Crippen LogP contribution in [0.15, 0.2) is 18.2 Å². The van der Waals surface area contributed by atoms with Gasteiger partial charge in [0.1, 0.15) is 5.82 Å². The average molecular weight is 315 g/mol. The maximum atomic E-state index is 13.3. The highest BCUT2D eigenvalue weighted by molar-refractivity contribution is 5.74. The average Bonchev–Trinajstić information content (AvgIpc) is 3.17. The second-order valence-corrected chi connectivity index (χ2v) is 6.52. The minimum absolute atomic E-state index is 0.152. The molecule has 23 heavy (non-hydrogen) atoms. The van der Waals surface area contributed by atoms with Gasteiger partial charge in [-0.25, -0.2) is 4.39 Å². The fraction of sp³-hybridized carbons (Fsp3) is 0.556. The van der Waals surface area contributed by atoms with Crippen LogP contribution in [0, 0.1) is 17.1 Å². The molecule has 3 rings (SSSR count). The molecule has 2 aliphatic heterocycles. The SMILES string of the molecule is CC(=O)N1CCCC1C1CCCN1Cc1ccc(F)cc1C#N. The molecule has 2 aliphatic rings. The van der Waals surface area contributed by atoms with E-state index in [2.05, 4.69) is 11.0 Å². The summed E-state index contributed by atoms with van der Waals surface area (Å²) in [6.07, 6.45) is 4.30. The predicted octanol–water partition coefficient (Wildman–Crippen LogP) is 2.67. The number of rotatable bonds is 3. The lowest BCUT2D eigenvalue weighted by Crippen LogP contribution is -2.47. The van der Waals surface area contributed by atoms with Gasteiger partial charge in [0.25, 0.3) is 0 Å². The van der Waals surface area contributed by atoms with Crippen LogP contribution in [-0.4, -0.2) is 40.9 Å². The zero-order valence-electron chi connectivity index (χ0n) is 13.5. The van der Waals surface area contributed by atoms with Gasteiger partial charge in [-0.1, -0.05) is 6.07 Å². The molecule has 0 aromatic heterocycles. The van der Waals surface area contributed by atoms with Gasteiger partial charge in [-0.2, -0.15) is 5.26 Å². The second kappa shape index (κ2) is 6.67. The molecule has 2 heterocycles. The van der Waals surface area contributed by atoms with Crippen LogP contribution in [0.5, 0.6) is 0 Å². The molecule has 0 spiro atoms. The highest BCUT2D eigenvalue weighted by Crippen LogP contribution is 2.31. The Morgan fingerprint density at radius 1 is 1.30 bits per heavy atom. The van der Waals surface area contributed by atoms with Crippen molar-refractivity contribution in [3.05, 3.63) is 35.1 Å². The molecule has 122 valence electrons. The number of hydrogen-bond donors (Lipinski definition) is 0. The third-order valence-electron chi connectivity index (χ3n) is 5.13. The number of nitrogens with zero attached hydrogens (tertiary/aromatic N) is 3. The first-order valence-electron chi connectivity index (χ1n) is 8.30. The minimum atomic E-state index is -0.373. The predicted molar refractivity (Wildman–Crippen MR) is 85.0 cm³/mol. The summed E-state index contributed by atoms with van der Waals surface area (Å²) in [6.45, 7) is 4.11. The number of nitriles is 1. The van der Waals surface area contributed by atoms with E-state index in [1.807, 2.05) is 4.90 Å². The molecule has 1 aromatic rings. The number of amides is 1. The summed E-state index contributed by atoms with van der Waals surface area (Å²) >= 11 is 0. The van der Waals surface area contributed by atoms with Crippen LogP contribution in [0.2, 0.25) is 0 Å². The van der Waals surface area contributed by atoms with Crippen molar-refractivity contribution >= 4 is 5.91 Å². The first-order chi connectivity index (χ1) is 11.1. The molecule has 2 unspecified atom stereocenters. The van der Waals surface area contributed by atoms with E-state index >= 15 is 0 Å². The molecule has 1 amide bonds. The standard InChI is InChI=1S/C18H22FN3O/c1-13(23)22-9-3-5-18(22)17-4-2-8-21(17)12-14-6-7-16(19)10-15(14)11-20/h6-7,10,17-18H,2-5,8-9,12H2,1H3. The molecular formula is C18H22FN3O. The minimum Gasteiger partial charge on any atom is -0.338 e. The summed E-state index contributed by atoms with van der Waals surface area (Å²) in [5.74, 6) is -0.222. The number of halogens is 1. The zero-order valence-corrected chi connectivity index (χ0v) is 13.5. The van der Waals surface area contributed by atoms with Gasteiger partial charge in [-0.15, -0.1) is 0 Å². The van der Waals surface area contributed by atoms with Gasteiger partial charge in [-0.05, 0) is 49.9 Å². The largest absolute Gasteiger partial charge is 0.338 e. The number of benzene rings is 1. The first kappa shape index (κ1) is 15.9. The van der Waals surface area contributed by atoms with Crippen molar-refractivity contribution < 1.29 is 9.18 Å². The van der Waals surface area contributed by atoms with Crippen molar-refractivity contribution in [3.8, 4) is 6.07 Å². The van der Waals surface area contributed by atoms with E-state index in [0.717, 1.165) is 44.3 Å². The number of hydrogen-bond acceptors (Lipinski definition) is 3. The van der Waals surface area contributed by atoms with Crippen LogP contribution in [0.1, 0.15) is 43.7 Å². The molecule has 1 aromatic carbocycles. The topological polar surface area (TPSA) is 47.3 Å². The molecule has 0 N–H and O–H groups in total. The molecule has 0 radical (unpaired) electrons. The smallest absolute Gasteiger partial charge is 0.219 e. The summed E-state index contributed by atoms with van der Waals surface area (Å²) in [6, 6.07) is 7.14. The second-order valence-electron chi connectivity index (χ2n) is 6.52. The summed E-state index contributed by atoms with van der Waals surface area (Å²) < 4.78 is 13.3. The van der Waals surface area contributed by atoms with E-state index in [0.29, 0.717) is 18.2 Å². The van der Waals surface area contributed by atoms with Gasteiger partial charge in [0.2, 0.25) is 5.91 Å². The molecule has 0 bridgehead atoms. The van der Waals surface area contributed by atoms with E-state index in [9.17, 15) is 14.4 Å². The summed E-state index contributed by atoms with van der Waals surface area (Å²) in [5, 5.41) is 9.22. The maximum absolute atomic E-state index is 13.3. The van der Waals surface area contributed by atoms with Crippen molar-refractivity contribution in [2.24, 2.45) is 0 Å². The van der Waals surface area contributed by atoms with Crippen molar-refractivity contribution in [1.29, 1.82) is 5.26 Å². The van der Waals surface area contributed by atoms with Gasteiger partial charge in [0, 0.05) is 32.1 Å². The van der Waals surface area contributed by atoms with Gasteiger partial charge in [0.15, 0.2) is 0 Å². The number of likely N-dealkylation sites (tertiary alicyclic amines) is 2. The van der Waals surface area contributed by atoms with Crippen LogP contribution in [0.3, 0.4) is 0 Å². The molecule has 5 heteroatoms. The Kier molecular flexibility index (Phi) is 4.63. The highest BCUT2D eigenvalue weighted by Gasteiger charge is 2.38. The molecule has 0 saturated carbocycles. The zero-order chi connectivity index (χ0) is 16.4. The molecule has 2 fully saturated rings.